The molecular weight excluding hydrogens is 1970 g/mol. The van der Waals surface area contributed by atoms with Crippen LogP contribution in [0, 0.1) is 65.5 Å². The van der Waals surface area contributed by atoms with E-state index >= 15 is 0 Å². The molecule has 6 aromatic heterocycles. The molecule has 0 spiro atoms. The molecule has 5 aliphatic rings. The average molecular weight is 2080 g/mol. The maximum Gasteiger partial charge on any atom is 0.0639 e. The molecule has 3 radical (unpaired) electrons. The number of hydrogen-bond acceptors (Lipinski definition) is 3. The van der Waals surface area contributed by atoms with E-state index in [0.29, 0.717) is 53.3 Å². The summed E-state index contributed by atoms with van der Waals surface area (Å²) >= 11 is 0. The molecule has 0 aliphatic heterocycles. The number of rotatable bonds is 20. The van der Waals surface area contributed by atoms with Crippen LogP contribution in [0.2, 0.25) is 0 Å². The van der Waals surface area contributed by atoms with Gasteiger partial charge in [-0.05, 0) is 228 Å². The topological polar surface area (TPSA) is 51.9 Å². The van der Waals surface area contributed by atoms with E-state index in [2.05, 4.69) is 300 Å². The van der Waals surface area contributed by atoms with Crippen LogP contribution < -0.4 is 0 Å². The molecule has 7 atom stereocenters. The van der Waals surface area contributed by atoms with Crippen molar-refractivity contribution >= 4 is 82.0 Å². The predicted octanol–water partition coefficient (Wildman–Crippen LogP) is 29.5. The fourth-order valence-electron chi connectivity index (χ4n) is 22.6. The number of aromatic nitrogens is 6. The minimum atomic E-state index is 0. The first-order valence-electron chi connectivity index (χ1n) is 44.4. The number of pyridine rings is 3. The van der Waals surface area contributed by atoms with E-state index in [1.54, 1.807) is 11.1 Å². The Bertz CT molecular complexity index is 6140. The maximum atomic E-state index is 5.20. The summed E-state index contributed by atoms with van der Waals surface area (Å²) in [5, 5.41) is 10.8. The summed E-state index contributed by atoms with van der Waals surface area (Å²) < 4.78 is 7.29. The summed E-state index contributed by atoms with van der Waals surface area (Å²) in [7, 11) is 0. The third-order valence-corrected chi connectivity index (χ3v) is 28.1. The Morgan fingerprint density at radius 2 is 0.712 bits per heavy atom. The van der Waals surface area contributed by atoms with Gasteiger partial charge in [0, 0.05) is 118 Å². The Morgan fingerprint density at radius 3 is 1.14 bits per heavy atom. The Balaban J connectivity index is 0.000000132. The van der Waals surface area contributed by atoms with Crippen LogP contribution in [-0.4, -0.2) is 28.2 Å². The quantitative estimate of drug-likeness (QED) is 0.0564. The second-order valence-electron chi connectivity index (χ2n) is 37.0. The van der Waals surface area contributed by atoms with Gasteiger partial charge in [0.1, 0.15) is 0 Å². The second kappa shape index (κ2) is 36.2. The molecular formula is C109H113Ir3N6-3. The van der Waals surface area contributed by atoms with Crippen molar-refractivity contribution in [3.05, 3.63) is 288 Å². The third kappa shape index (κ3) is 15.8. The minimum Gasteiger partial charge on any atom is -0.333 e. The van der Waals surface area contributed by atoms with Gasteiger partial charge in [-0.15, -0.1) is 89.0 Å². The van der Waals surface area contributed by atoms with E-state index in [0.717, 1.165) is 62.5 Å². The van der Waals surface area contributed by atoms with Crippen LogP contribution in [0.15, 0.2) is 231 Å². The van der Waals surface area contributed by atoms with Gasteiger partial charge < -0.3 is 13.2 Å². The van der Waals surface area contributed by atoms with Crippen LogP contribution in [0.25, 0.3) is 116 Å². The SMILES string of the molecule is CC(C)CCC(CCC(C)C)c1cccc(C(CCC(C)C)CCC(C)C)c1-c1cnc2c3[c-]cccc3c3ccccc3n12.[Ir].[Ir].[Ir].[c-]1cccc2c1c1ncc(-c3c(C4CC5CCC4C5)cccc3C3CC4CCC3C4)n1c1ccccc21.[c-]1cccc2c1c1ncc(-c3ccccc3C3CCCc4ccccc43)n1c1ccccc21. The summed E-state index contributed by atoms with van der Waals surface area (Å²) in [6, 6.07) is 88.6. The van der Waals surface area contributed by atoms with E-state index in [1.165, 1.54) is 227 Å². The molecule has 0 saturated heterocycles. The summed E-state index contributed by atoms with van der Waals surface area (Å²) in [5.74, 6) is 9.29. The van der Waals surface area contributed by atoms with Crippen molar-refractivity contribution in [1.82, 2.24) is 28.2 Å². The van der Waals surface area contributed by atoms with Gasteiger partial charge in [-0.1, -0.05) is 250 Å². The molecule has 118 heavy (non-hydrogen) atoms. The van der Waals surface area contributed by atoms with Gasteiger partial charge >= 0.3 is 0 Å². The van der Waals surface area contributed by atoms with Crippen LogP contribution in [0.4, 0.5) is 0 Å². The molecule has 0 N–H and O–H groups in total. The molecule has 5 aliphatic carbocycles. The summed E-state index contributed by atoms with van der Waals surface area (Å²) in [6.07, 6.45) is 31.4. The Hall–Kier alpha value is -8.22. The zero-order valence-corrected chi connectivity index (χ0v) is 77.2. The van der Waals surface area contributed by atoms with Crippen LogP contribution in [0.5, 0.6) is 0 Å². The van der Waals surface area contributed by atoms with Crippen molar-refractivity contribution < 1.29 is 60.3 Å². The molecule has 6 heterocycles. The van der Waals surface area contributed by atoms with E-state index in [9.17, 15) is 0 Å². The van der Waals surface area contributed by atoms with E-state index < -0.39 is 0 Å². The number of nitrogens with zero attached hydrogens (tertiary/aromatic N) is 6. The fraction of sp³-hybridized carbons (Fsp3) is 0.367. The first-order chi connectivity index (χ1) is 56.4. The fourth-order valence-corrected chi connectivity index (χ4v) is 22.6. The summed E-state index contributed by atoms with van der Waals surface area (Å²) in [6.45, 7) is 19.0. The molecule has 9 heteroatoms. The van der Waals surface area contributed by atoms with Crippen LogP contribution in [0.1, 0.15) is 239 Å². The first-order valence-corrected chi connectivity index (χ1v) is 44.4. The number of aryl methyl sites for hydroxylation is 1. The molecule has 4 fully saturated rings. The first kappa shape index (κ1) is 83.4. The van der Waals surface area contributed by atoms with Gasteiger partial charge in [-0.2, -0.15) is 0 Å². The third-order valence-electron chi connectivity index (χ3n) is 28.1. The van der Waals surface area contributed by atoms with Crippen molar-refractivity contribution in [3.8, 4) is 33.8 Å². The van der Waals surface area contributed by atoms with Gasteiger partial charge in [-0.25, -0.2) is 0 Å². The monoisotopic (exact) mass is 2080 g/mol. The maximum absolute atomic E-state index is 5.20. The Kier molecular flexibility index (Phi) is 25.6. The Morgan fingerprint density at radius 1 is 0.339 bits per heavy atom. The zero-order valence-electron chi connectivity index (χ0n) is 70.1. The van der Waals surface area contributed by atoms with Gasteiger partial charge in [0.2, 0.25) is 0 Å². The predicted molar refractivity (Wildman–Crippen MR) is 483 cm³/mol. The van der Waals surface area contributed by atoms with Crippen LogP contribution >= 0.6 is 0 Å². The number of imidazole rings is 3. The second-order valence-corrected chi connectivity index (χ2v) is 37.0. The van der Waals surface area contributed by atoms with Crippen molar-refractivity contribution in [3.63, 3.8) is 0 Å². The largest absolute Gasteiger partial charge is 0.333 e. The van der Waals surface area contributed by atoms with E-state index in [1.807, 2.05) is 18.2 Å². The standard InChI is InChI=1S/C43H57N2.C35H33N2.C31H23N2.3Ir/c1-29(2)20-24-33(25-21-30(3)4)35-17-13-18-36(34(26-22-31(5)6)27-23-32(7)8)42(35)41-28-44-43-39-16-10-9-14-37(39)38-15-11-12-19-40(38)45(41)43;1-2-8-29-25(6-1)26-7-3-4-11-32(26)37-33(20-36-35(29)37)34-27(30-18-21-12-14-23(30)16-21)9-5-10-28(34)31-19-22-13-15-24(31)17-22;1-2-12-22-21(10-1)11-9-18-23(22)24-13-3-5-16-27(24)30-20-32-31-28-17-6-4-14-25(28)26-15-7-8-19-29(26)33(30)31;;;/h9-15,17-19,28-34H,20-27H2,1-8H3;1-7,9-11,20-24,30-31H,12-19H2;1-8,10,12-16,19-20,23H,9,11,18H2;;;/q3*-1;;;. The van der Waals surface area contributed by atoms with Gasteiger partial charge in [0.25, 0.3) is 0 Å². The average Bonchev–Trinajstić information content (AvgIpc) is 1.53. The Labute approximate surface area is 740 Å². The number of benzene rings is 10. The molecule has 7 unspecified atom stereocenters. The van der Waals surface area contributed by atoms with Crippen LogP contribution in [0.3, 0.4) is 0 Å². The molecule has 0 amide bonds. The number of para-hydroxylation sites is 3. The molecule has 6 nitrogen and oxygen atoms in total. The minimum absolute atomic E-state index is 0. The van der Waals surface area contributed by atoms with Gasteiger partial charge in [-0.3, -0.25) is 15.0 Å². The van der Waals surface area contributed by atoms with E-state index in [4.69, 9.17) is 15.0 Å². The summed E-state index contributed by atoms with van der Waals surface area (Å²) in [5.41, 5.74) is 25.4. The van der Waals surface area contributed by atoms with Crippen LogP contribution in [-0.2, 0) is 66.7 Å². The normalized spacial score (nSPS) is 18.7. The molecule has 16 aromatic rings. The number of fused-ring (bicyclic) bond motifs is 23. The number of hydrogen-bond donors (Lipinski definition) is 0. The van der Waals surface area contributed by atoms with E-state index in [-0.39, 0.29) is 60.3 Å². The molecule has 4 saturated carbocycles. The summed E-state index contributed by atoms with van der Waals surface area (Å²) in [4.78, 5) is 15.3. The van der Waals surface area contributed by atoms with Crippen molar-refractivity contribution in [2.75, 3.05) is 0 Å². The van der Waals surface area contributed by atoms with Gasteiger partial charge in [0.05, 0.1) is 34.0 Å². The van der Waals surface area contributed by atoms with Crippen molar-refractivity contribution in [2.45, 2.75) is 207 Å². The molecule has 4 bridgehead atoms. The smallest absolute Gasteiger partial charge is 0.0639 e. The zero-order chi connectivity index (χ0) is 78.0. The van der Waals surface area contributed by atoms with Gasteiger partial charge in [0.15, 0.2) is 0 Å². The molecule has 10 aromatic carbocycles. The molecule has 21 rings (SSSR count). The molecule has 609 valence electrons. The van der Waals surface area contributed by atoms with Crippen molar-refractivity contribution in [1.29, 1.82) is 0 Å². The van der Waals surface area contributed by atoms with Crippen molar-refractivity contribution in [2.24, 2.45) is 47.3 Å².